The standard InChI is InChI=1S/C10H14N4/c11-6-7-4-9(13)10(5-8(7)12)14-2-1-3-14/h4-6,11H,1-3,12-13H2. The summed E-state index contributed by atoms with van der Waals surface area (Å²) in [7, 11) is 0. The third kappa shape index (κ3) is 1.28. The van der Waals surface area contributed by atoms with Crippen LogP contribution in [0.1, 0.15) is 12.0 Å². The molecule has 0 aliphatic carbocycles. The molecule has 5 N–H and O–H groups in total. The Morgan fingerprint density at radius 2 is 1.93 bits per heavy atom. The zero-order chi connectivity index (χ0) is 10.1. The second-order valence-corrected chi connectivity index (χ2v) is 3.52. The lowest BCUT2D eigenvalue weighted by atomic mass is 10.1. The van der Waals surface area contributed by atoms with Gasteiger partial charge in [0.1, 0.15) is 0 Å². The molecule has 0 saturated carbocycles. The van der Waals surface area contributed by atoms with Gasteiger partial charge in [0.05, 0.1) is 11.4 Å². The normalized spacial score (nSPS) is 15.0. The molecule has 1 aromatic carbocycles. The highest BCUT2D eigenvalue weighted by atomic mass is 15.2. The zero-order valence-corrected chi connectivity index (χ0v) is 7.96. The van der Waals surface area contributed by atoms with Crippen molar-refractivity contribution in [3.63, 3.8) is 0 Å². The molecule has 74 valence electrons. The Bertz CT molecular complexity index is 369. The minimum absolute atomic E-state index is 0.621. The number of anilines is 3. The van der Waals surface area contributed by atoms with Gasteiger partial charge in [-0.1, -0.05) is 0 Å². The third-order valence-electron chi connectivity index (χ3n) is 2.58. The van der Waals surface area contributed by atoms with Crippen LogP contribution in [-0.4, -0.2) is 19.3 Å². The minimum atomic E-state index is 0.621. The summed E-state index contributed by atoms with van der Waals surface area (Å²) < 4.78 is 0. The van der Waals surface area contributed by atoms with E-state index in [0.717, 1.165) is 18.8 Å². The molecule has 4 nitrogen and oxygen atoms in total. The summed E-state index contributed by atoms with van der Waals surface area (Å²) in [6.07, 6.45) is 2.44. The van der Waals surface area contributed by atoms with Crippen molar-refractivity contribution < 1.29 is 0 Å². The molecule has 1 heterocycles. The lowest BCUT2D eigenvalue weighted by Gasteiger charge is -2.34. The maximum Gasteiger partial charge on any atom is 0.0621 e. The first-order valence-corrected chi connectivity index (χ1v) is 4.67. The molecule has 1 saturated heterocycles. The zero-order valence-electron chi connectivity index (χ0n) is 7.96. The van der Waals surface area contributed by atoms with Gasteiger partial charge < -0.3 is 21.8 Å². The molecule has 0 spiro atoms. The van der Waals surface area contributed by atoms with E-state index in [1.807, 2.05) is 6.07 Å². The number of nitrogen functional groups attached to an aromatic ring is 2. The van der Waals surface area contributed by atoms with Crippen molar-refractivity contribution in [1.29, 1.82) is 5.41 Å². The smallest absolute Gasteiger partial charge is 0.0621 e. The Labute approximate surface area is 83.0 Å². The van der Waals surface area contributed by atoms with Gasteiger partial charge in [-0.2, -0.15) is 0 Å². The van der Waals surface area contributed by atoms with Crippen molar-refractivity contribution in [2.75, 3.05) is 29.5 Å². The van der Waals surface area contributed by atoms with Crippen LogP contribution >= 0.6 is 0 Å². The van der Waals surface area contributed by atoms with Crippen LogP contribution < -0.4 is 16.4 Å². The SMILES string of the molecule is N=Cc1cc(N)c(N2CCC2)cc1N. The Kier molecular flexibility index (Phi) is 2.04. The summed E-state index contributed by atoms with van der Waals surface area (Å²) in [5.41, 5.74) is 14.7. The lowest BCUT2D eigenvalue weighted by Crippen LogP contribution is -2.37. The predicted octanol–water partition coefficient (Wildman–Crippen LogP) is 1.06. The van der Waals surface area contributed by atoms with Crippen LogP contribution in [0, 0.1) is 5.41 Å². The molecule has 14 heavy (non-hydrogen) atoms. The first-order chi connectivity index (χ1) is 6.72. The number of nitrogens with two attached hydrogens (primary N) is 2. The molecule has 1 aliphatic rings. The molecule has 0 radical (unpaired) electrons. The van der Waals surface area contributed by atoms with E-state index in [4.69, 9.17) is 16.9 Å². The van der Waals surface area contributed by atoms with Crippen LogP contribution in [0.5, 0.6) is 0 Å². The van der Waals surface area contributed by atoms with Gasteiger partial charge in [0.2, 0.25) is 0 Å². The minimum Gasteiger partial charge on any atom is -0.398 e. The third-order valence-corrected chi connectivity index (χ3v) is 2.58. The van der Waals surface area contributed by atoms with Gasteiger partial charge in [0.15, 0.2) is 0 Å². The molecule has 1 fully saturated rings. The highest BCUT2D eigenvalue weighted by Gasteiger charge is 2.17. The fourth-order valence-corrected chi connectivity index (χ4v) is 1.59. The summed E-state index contributed by atoms with van der Waals surface area (Å²) >= 11 is 0. The topological polar surface area (TPSA) is 79.1 Å². The Morgan fingerprint density at radius 3 is 2.43 bits per heavy atom. The predicted molar refractivity (Wildman–Crippen MR) is 60.0 cm³/mol. The number of nitrogens with one attached hydrogen (secondary N) is 1. The van der Waals surface area contributed by atoms with Gasteiger partial charge in [-0.15, -0.1) is 0 Å². The number of hydrogen-bond acceptors (Lipinski definition) is 4. The number of benzene rings is 1. The summed E-state index contributed by atoms with van der Waals surface area (Å²) in [6, 6.07) is 3.62. The average molecular weight is 190 g/mol. The van der Waals surface area contributed by atoms with E-state index in [0.29, 0.717) is 16.9 Å². The molecule has 1 aromatic rings. The Morgan fingerprint density at radius 1 is 1.21 bits per heavy atom. The van der Waals surface area contributed by atoms with Crippen molar-refractivity contribution in [3.05, 3.63) is 17.7 Å². The van der Waals surface area contributed by atoms with E-state index < -0.39 is 0 Å². The summed E-state index contributed by atoms with van der Waals surface area (Å²) in [4.78, 5) is 2.19. The second kappa shape index (κ2) is 3.21. The molecule has 1 aliphatic heterocycles. The summed E-state index contributed by atoms with van der Waals surface area (Å²) in [5.74, 6) is 0. The molecule has 0 unspecified atom stereocenters. The molecule has 0 amide bonds. The first-order valence-electron chi connectivity index (χ1n) is 4.67. The Hall–Kier alpha value is -1.71. The lowest BCUT2D eigenvalue weighted by molar-refractivity contribution is 0.619. The molecule has 2 rings (SSSR count). The van der Waals surface area contributed by atoms with Gasteiger partial charge in [-0.25, -0.2) is 0 Å². The maximum absolute atomic E-state index is 7.14. The van der Waals surface area contributed by atoms with Crippen LogP contribution in [0.15, 0.2) is 12.1 Å². The van der Waals surface area contributed by atoms with Crippen molar-refractivity contribution in [1.82, 2.24) is 0 Å². The first kappa shape index (κ1) is 8.87. The van der Waals surface area contributed by atoms with Crippen molar-refractivity contribution in [3.8, 4) is 0 Å². The maximum atomic E-state index is 7.14. The second-order valence-electron chi connectivity index (χ2n) is 3.52. The fraction of sp³-hybridized carbons (Fsp3) is 0.300. The van der Waals surface area contributed by atoms with Gasteiger partial charge in [0.25, 0.3) is 0 Å². The van der Waals surface area contributed by atoms with E-state index in [1.165, 1.54) is 12.6 Å². The summed E-state index contributed by atoms with van der Waals surface area (Å²) in [6.45, 7) is 2.10. The average Bonchev–Trinajstić information content (AvgIpc) is 2.08. The Balaban J connectivity index is 2.41. The largest absolute Gasteiger partial charge is 0.398 e. The van der Waals surface area contributed by atoms with Gasteiger partial charge in [-0.3, -0.25) is 0 Å². The molecule has 0 aromatic heterocycles. The molecule has 0 atom stereocenters. The van der Waals surface area contributed by atoms with Crippen LogP contribution in [0.25, 0.3) is 0 Å². The highest BCUT2D eigenvalue weighted by Crippen LogP contribution is 2.30. The molecular weight excluding hydrogens is 176 g/mol. The van der Waals surface area contributed by atoms with E-state index in [1.54, 1.807) is 6.07 Å². The van der Waals surface area contributed by atoms with Crippen LogP contribution in [-0.2, 0) is 0 Å². The number of rotatable bonds is 2. The highest BCUT2D eigenvalue weighted by molar-refractivity contribution is 5.90. The number of hydrogen-bond donors (Lipinski definition) is 3. The molecule has 0 bridgehead atoms. The van der Waals surface area contributed by atoms with Gasteiger partial charge >= 0.3 is 0 Å². The van der Waals surface area contributed by atoms with Crippen LogP contribution in [0.3, 0.4) is 0 Å². The van der Waals surface area contributed by atoms with E-state index in [-0.39, 0.29) is 0 Å². The van der Waals surface area contributed by atoms with E-state index >= 15 is 0 Å². The van der Waals surface area contributed by atoms with Crippen molar-refractivity contribution in [2.45, 2.75) is 6.42 Å². The van der Waals surface area contributed by atoms with Crippen molar-refractivity contribution >= 4 is 23.3 Å². The van der Waals surface area contributed by atoms with Crippen LogP contribution in [0.4, 0.5) is 17.1 Å². The molecule has 4 heteroatoms. The van der Waals surface area contributed by atoms with E-state index in [2.05, 4.69) is 4.90 Å². The van der Waals surface area contributed by atoms with Gasteiger partial charge in [-0.05, 0) is 18.6 Å². The monoisotopic (exact) mass is 190 g/mol. The van der Waals surface area contributed by atoms with Gasteiger partial charge in [0, 0.05) is 30.6 Å². The summed E-state index contributed by atoms with van der Waals surface area (Å²) in [5, 5.41) is 7.14. The number of nitrogens with zero attached hydrogens (tertiary/aromatic N) is 1. The van der Waals surface area contributed by atoms with Crippen molar-refractivity contribution in [2.24, 2.45) is 0 Å². The van der Waals surface area contributed by atoms with E-state index in [9.17, 15) is 0 Å². The fourth-order valence-electron chi connectivity index (χ4n) is 1.59. The molecular formula is C10H14N4. The quantitative estimate of drug-likeness (QED) is 0.482. The van der Waals surface area contributed by atoms with Crippen LogP contribution in [0.2, 0.25) is 0 Å².